The smallest absolute Gasteiger partial charge is 0.269 e. The van der Waals surface area contributed by atoms with Gasteiger partial charge in [0.2, 0.25) is 0 Å². The van der Waals surface area contributed by atoms with Gasteiger partial charge in [0, 0.05) is 54.1 Å². The third kappa shape index (κ3) is 7.18. The van der Waals surface area contributed by atoms with Crippen molar-refractivity contribution in [1.82, 2.24) is 9.80 Å². The van der Waals surface area contributed by atoms with Gasteiger partial charge in [-0.05, 0) is 60.4 Å². The third-order valence-electron chi connectivity index (χ3n) is 7.71. The zero-order valence-corrected chi connectivity index (χ0v) is 22.9. The molecule has 1 saturated carbocycles. The van der Waals surface area contributed by atoms with Crippen LogP contribution in [0.4, 0.5) is 5.69 Å². The van der Waals surface area contributed by atoms with Gasteiger partial charge in [0.05, 0.1) is 11.0 Å². The zero-order chi connectivity index (χ0) is 27.0. The molecule has 0 N–H and O–H groups in total. The molecule has 1 unspecified atom stereocenters. The van der Waals surface area contributed by atoms with Crippen LogP contribution in [0.5, 0.6) is 5.75 Å². The summed E-state index contributed by atoms with van der Waals surface area (Å²) in [5, 5.41) is 20.9. The number of hydrogen-bond acceptors (Lipinski definition) is 7. The number of nitriles is 1. The van der Waals surface area contributed by atoms with Crippen LogP contribution in [0.3, 0.4) is 0 Å². The van der Waals surface area contributed by atoms with E-state index in [1.54, 1.807) is 17.8 Å². The van der Waals surface area contributed by atoms with Crippen LogP contribution in [0.15, 0.2) is 82.6 Å². The highest BCUT2D eigenvalue weighted by Gasteiger charge is 2.29. The number of hydrogen-bond donors (Lipinski definition) is 0. The van der Waals surface area contributed by atoms with Crippen LogP contribution >= 0.6 is 11.8 Å². The highest BCUT2D eigenvalue weighted by Crippen LogP contribution is 2.32. The Bertz CT molecular complexity index is 1280. The fourth-order valence-corrected chi connectivity index (χ4v) is 6.38. The van der Waals surface area contributed by atoms with Crippen molar-refractivity contribution in [3.63, 3.8) is 0 Å². The first kappa shape index (κ1) is 27.2. The molecule has 0 radical (unpaired) electrons. The van der Waals surface area contributed by atoms with Gasteiger partial charge in [0.15, 0.2) is 0 Å². The maximum atomic E-state index is 11.0. The summed E-state index contributed by atoms with van der Waals surface area (Å²) < 4.78 is 5.81. The third-order valence-corrected chi connectivity index (χ3v) is 8.73. The summed E-state index contributed by atoms with van der Waals surface area (Å²) in [5.41, 5.74) is 1.87. The van der Waals surface area contributed by atoms with Gasteiger partial charge in [-0.3, -0.25) is 19.9 Å². The predicted molar refractivity (Wildman–Crippen MR) is 153 cm³/mol. The first-order valence-electron chi connectivity index (χ1n) is 13.7. The van der Waals surface area contributed by atoms with Gasteiger partial charge in [-0.2, -0.15) is 5.26 Å². The van der Waals surface area contributed by atoms with Crippen molar-refractivity contribution in [2.75, 3.05) is 26.2 Å². The molecule has 3 aromatic rings. The molecule has 0 amide bonds. The molecular formula is C31H34N4O3S. The Morgan fingerprint density at radius 3 is 2.26 bits per heavy atom. The Balaban J connectivity index is 1.12. The first-order chi connectivity index (χ1) is 19.1. The summed E-state index contributed by atoms with van der Waals surface area (Å²) in [4.78, 5) is 17.7. The second-order valence-electron chi connectivity index (χ2n) is 10.3. The lowest BCUT2D eigenvalue weighted by Crippen LogP contribution is -2.51. The fraction of sp³-hybridized carbons (Fsp3) is 0.387. The lowest BCUT2D eigenvalue weighted by Gasteiger charge is -2.42. The minimum atomic E-state index is -0.401. The molecule has 1 aliphatic carbocycles. The average Bonchev–Trinajstić information content (AvgIpc) is 2.99. The minimum absolute atomic E-state index is 0.0622. The molecule has 0 bridgehead atoms. The van der Waals surface area contributed by atoms with Crippen molar-refractivity contribution in [1.29, 1.82) is 5.26 Å². The van der Waals surface area contributed by atoms with E-state index in [1.807, 2.05) is 30.3 Å². The Hall–Kier alpha value is -3.38. The number of nitro benzene ring substituents is 1. The van der Waals surface area contributed by atoms with Crippen molar-refractivity contribution in [3.8, 4) is 11.8 Å². The number of rotatable bonds is 9. The summed E-state index contributed by atoms with van der Waals surface area (Å²) in [7, 11) is 0. The van der Waals surface area contributed by atoms with Crippen LogP contribution in [-0.4, -0.2) is 46.9 Å². The molecule has 1 atom stereocenters. The topological polar surface area (TPSA) is 82.6 Å². The van der Waals surface area contributed by atoms with Crippen LogP contribution in [0.25, 0.3) is 0 Å². The Morgan fingerprint density at radius 1 is 0.949 bits per heavy atom. The van der Waals surface area contributed by atoms with E-state index in [1.165, 1.54) is 44.2 Å². The summed E-state index contributed by atoms with van der Waals surface area (Å²) in [6.45, 7) is 4.27. The van der Waals surface area contributed by atoms with E-state index in [0.717, 1.165) is 53.1 Å². The van der Waals surface area contributed by atoms with Gasteiger partial charge in [-0.15, -0.1) is 0 Å². The molecule has 39 heavy (non-hydrogen) atoms. The summed E-state index contributed by atoms with van der Waals surface area (Å²) in [6, 6.07) is 25.7. The largest absolute Gasteiger partial charge is 0.489 e. The second kappa shape index (κ2) is 13.1. The molecule has 8 heteroatoms. The molecule has 202 valence electrons. The highest BCUT2D eigenvalue weighted by atomic mass is 32.2. The standard InChI is InChI=1S/C31H34N4O3S/c32-22-31(34-19-17-33(18-20-34)26-6-2-1-3-7-26)25-9-13-29(14-10-25)39-30-15-11-28(12-16-30)38-23-24-5-4-8-27(21-24)35(36)37/h4-5,8-16,21,26,31H,1-3,6-7,17-20,23H2. The summed E-state index contributed by atoms with van der Waals surface area (Å²) >= 11 is 1.66. The van der Waals surface area contributed by atoms with Crippen molar-refractivity contribution in [2.24, 2.45) is 0 Å². The van der Waals surface area contributed by atoms with Crippen molar-refractivity contribution in [2.45, 2.75) is 60.6 Å². The van der Waals surface area contributed by atoms with Gasteiger partial charge < -0.3 is 4.74 Å². The molecule has 0 spiro atoms. The van der Waals surface area contributed by atoms with E-state index in [9.17, 15) is 15.4 Å². The van der Waals surface area contributed by atoms with E-state index in [4.69, 9.17) is 4.74 Å². The number of nitro groups is 1. The summed E-state index contributed by atoms with van der Waals surface area (Å²) in [6.07, 6.45) is 6.76. The number of piperazine rings is 1. The number of nitrogens with zero attached hydrogens (tertiary/aromatic N) is 4. The number of ether oxygens (including phenoxy) is 1. The molecule has 1 heterocycles. The van der Waals surface area contributed by atoms with Gasteiger partial charge in [-0.1, -0.05) is 55.3 Å². The molecule has 1 aliphatic heterocycles. The van der Waals surface area contributed by atoms with Crippen molar-refractivity contribution >= 4 is 17.4 Å². The monoisotopic (exact) mass is 542 g/mol. The van der Waals surface area contributed by atoms with Crippen molar-refractivity contribution < 1.29 is 9.66 Å². The molecule has 7 nitrogen and oxygen atoms in total. The SMILES string of the molecule is N#CC(c1ccc(Sc2ccc(OCc3cccc([N+](=O)[O-])c3)cc2)cc1)N1CCN(C2CCCCC2)CC1. The molecule has 3 aromatic carbocycles. The quantitative estimate of drug-likeness (QED) is 0.216. The van der Waals surface area contributed by atoms with E-state index >= 15 is 0 Å². The van der Waals surface area contributed by atoms with Crippen LogP contribution in [-0.2, 0) is 6.61 Å². The Kier molecular flexibility index (Phi) is 9.15. The van der Waals surface area contributed by atoms with Crippen LogP contribution in [0, 0.1) is 21.4 Å². The maximum Gasteiger partial charge on any atom is 0.269 e. The van der Waals surface area contributed by atoms with Crippen LogP contribution in [0.1, 0.15) is 49.3 Å². The fourth-order valence-electron chi connectivity index (χ4n) is 5.56. The van der Waals surface area contributed by atoms with Gasteiger partial charge >= 0.3 is 0 Å². The maximum absolute atomic E-state index is 11.0. The normalized spacial score (nSPS) is 17.8. The molecule has 1 saturated heterocycles. The second-order valence-corrected chi connectivity index (χ2v) is 11.4. The van der Waals surface area contributed by atoms with E-state index in [-0.39, 0.29) is 18.3 Å². The van der Waals surface area contributed by atoms with Crippen LogP contribution in [0.2, 0.25) is 0 Å². The molecule has 2 fully saturated rings. The minimum Gasteiger partial charge on any atom is -0.489 e. The van der Waals surface area contributed by atoms with E-state index < -0.39 is 4.92 Å². The Morgan fingerprint density at radius 2 is 1.62 bits per heavy atom. The zero-order valence-electron chi connectivity index (χ0n) is 22.1. The number of benzene rings is 3. The van der Waals surface area contributed by atoms with Gasteiger partial charge in [0.25, 0.3) is 5.69 Å². The molecule has 2 aliphatic rings. The molecule has 5 rings (SSSR count). The van der Waals surface area contributed by atoms with Gasteiger partial charge in [-0.25, -0.2) is 0 Å². The van der Waals surface area contributed by atoms with Crippen molar-refractivity contribution in [3.05, 3.63) is 94.0 Å². The highest BCUT2D eigenvalue weighted by molar-refractivity contribution is 7.99. The van der Waals surface area contributed by atoms with Gasteiger partial charge in [0.1, 0.15) is 18.4 Å². The molecular weight excluding hydrogens is 508 g/mol. The van der Waals surface area contributed by atoms with E-state index in [2.05, 4.69) is 40.1 Å². The lowest BCUT2D eigenvalue weighted by atomic mass is 9.93. The predicted octanol–water partition coefficient (Wildman–Crippen LogP) is 6.84. The first-order valence-corrected chi connectivity index (χ1v) is 14.5. The average molecular weight is 543 g/mol. The van der Waals surface area contributed by atoms with Crippen LogP contribution < -0.4 is 4.74 Å². The number of non-ortho nitro benzene ring substituents is 1. The summed E-state index contributed by atoms with van der Waals surface area (Å²) in [5.74, 6) is 0.710. The molecule has 0 aromatic heterocycles. The Labute approximate surface area is 234 Å². The lowest BCUT2D eigenvalue weighted by molar-refractivity contribution is -0.384. The van der Waals surface area contributed by atoms with E-state index in [0.29, 0.717) is 5.75 Å².